The number of halogens is 4. The van der Waals surface area contributed by atoms with E-state index in [1.807, 2.05) is 0 Å². The maximum atomic E-state index is 12.2. The summed E-state index contributed by atoms with van der Waals surface area (Å²) in [6.45, 7) is 0. The predicted octanol–water partition coefficient (Wildman–Crippen LogP) is 3.90. The van der Waals surface area contributed by atoms with Gasteiger partial charge in [0.25, 0.3) is 0 Å². The molecule has 0 unspecified atom stereocenters. The van der Waals surface area contributed by atoms with Crippen LogP contribution in [0.25, 0.3) is 0 Å². The van der Waals surface area contributed by atoms with E-state index in [9.17, 15) is 18.3 Å². The molecule has 1 aromatic carbocycles. The topological polar surface area (TPSA) is 55.5 Å². The second kappa shape index (κ2) is 6.54. The van der Waals surface area contributed by atoms with E-state index in [2.05, 4.69) is 4.74 Å². The number of hydrogen-bond donors (Lipinski definition) is 2. The van der Waals surface area contributed by atoms with E-state index in [1.165, 1.54) is 12.1 Å². The van der Waals surface area contributed by atoms with E-state index >= 15 is 0 Å². The third-order valence-electron chi connectivity index (χ3n) is 3.50. The Balaban J connectivity index is 0.00000200. The SMILES string of the molecule is Cl.N[C@H](c1cc(OC(F)(F)F)ccc1O)C1CCCC1. The lowest BCUT2D eigenvalue weighted by Gasteiger charge is -2.21. The Morgan fingerprint density at radius 2 is 1.85 bits per heavy atom. The van der Waals surface area contributed by atoms with Crippen LogP contribution < -0.4 is 10.5 Å². The monoisotopic (exact) mass is 311 g/mol. The number of rotatable bonds is 3. The summed E-state index contributed by atoms with van der Waals surface area (Å²) in [5, 5.41) is 9.75. The van der Waals surface area contributed by atoms with Crippen LogP contribution in [0.15, 0.2) is 18.2 Å². The molecule has 0 heterocycles. The zero-order chi connectivity index (χ0) is 14.0. The van der Waals surface area contributed by atoms with E-state index in [4.69, 9.17) is 5.73 Å². The van der Waals surface area contributed by atoms with Crippen molar-refractivity contribution in [2.24, 2.45) is 11.7 Å². The highest BCUT2D eigenvalue weighted by atomic mass is 35.5. The van der Waals surface area contributed by atoms with Crippen molar-refractivity contribution in [3.63, 3.8) is 0 Å². The lowest BCUT2D eigenvalue weighted by molar-refractivity contribution is -0.274. The standard InChI is InChI=1S/C13H16F3NO2.ClH/c14-13(15,16)19-9-5-6-11(18)10(7-9)12(17)8-3-1-2-4-8;/h5-8,12,18H,1-4,17H2;1H/t12-;/m0./s1. The third kappa shape index (κ3) is 4.18. The number of aromatic hydroxyl groups is 1. The molecule has 20 heavy (non-hydrogen) atoms. The van der Waals surface area contributed by atoms with Gasteiger partial charge in [-0.05, 0) is 37.0 Å². The molecule has 3 nitrogen and oxygen atoms in total. The smallest absolute Gasteiger partial charge is 0.508 e. The van der Waals surface area contributed by atoms with E-state index in [-0.39, 0.29) is 29.8 Å². The second-order valence-electron chi connectivity index (χ2n) is 4.84. The van der Waals surface area contributed by atoms with Gasteiger partial charge in [-0.1, -0.05) is 12.8 Å². The molecule has 1 aromatic rings. The van der Waals surface area contributed by atoms with Crippen LogP contribution in [0.2, 0.25) is 0 Å². The Kier molecular flexibility index (Phi) is 5.53. The van der Waals surface area contributed by atoms with Crippen LogP contribution in [0.3, 0.4) is 0 Å². The van der Waals surface area contributed by atoms with Gasteiger partial charge in [-0.15, -0.1) is 25.6 Å². The Morgan fingerprint density at radius 1 is 1.25 bits per heavy atom. The first-order chi connectivity index (χ1) is 8.87. The molecule has 0 aromatic heterocycles. The van der Waals surface area contributed by atoms with Crippen molar-refractivity contribution in [2.75, 3.05) is 0 Å². The number of ether oxygens (including phenoxy) is 1. The Hall–Kier alpha value is -1.14. The number of benzene rings is 1. The number of hydrogen-bond acceptors (Lipinski definition) is 3. The molecule has 114 valence electrons. The average molecular weight is 312 g/mol. The molecule has 1 aliphatic rings. The van der Waals surface area contributed by atoms with Gasteiger partial charge in [-0.2, -0.15) is 0 Å². The summed E-state index contributed by atoms with van der Waals surface area (Å²) in [7, 11) is 0. The molecule has 1 atom stereocenters. The molecule has 0 bridgehead atoms. The molecule has 1 aliphatic carbocycles. The molecule has 3 N–H and O–H groups in total. The molecule has 1 saturated carbocycles. The molecular weight excluding hydrogens is 295 g/mol. The Labute approximate surface area is 121 Å². The minimum absolute atomic E-state index is 0. The molecule has 0 spiro atoms. The van der Waals surface area contributed by atoms with Crippen LogP contribution >= 0.6 is 12.4 Å². The quantitative estimate of drug-likeness (QED) is 0.890. The van der Waals surface area contributed by atoms with E-state index < -0.39 is 12.4 Å². The van der Waals surface area contributed by atoms with Crippen molar-refractivity contribution in [1.29, 1.82) is 0 Å². The number of phenols is 1. The van der Waals surface area contributed by atoms with Crippen molar-refractivity contribution >= 4 is 12.4 Å². The lowest BCUT2D eigenvalue weighted by Crippen LogP contribution is -2.20. The molecule has 0 saturated heterocycles. The highest BCUT2D eigenvalue weighted by Gasteiger charge is 2.32. The van der Waals surface area contributed by atoms with Crippen LogP contribution in [0.4, 0.5) is 13.2 Å². The van der Waals surface area contributed by atoms with E-state index in [0.717, 1.165) is 31.7 Å². The fourth-order valence-electron chi connectivity index (χ4n) is 2.57. The van der Waals surface area contributed by atoms with Gasteiger partial charge in [0.05, 0.1) is 0 Å². The molecule has 7 heteroatoms. The van der Waals surface area contributed by atoms with Crippen molar-refractivity contribution < 1.29 is 23.0 Å². The van der Waals surface area contributed by atoms with Gasteiger partial charge >= 0.3 is 6.36 Å². The number of alkyl halides is 3. The van der Waals surface area contributed by atoms with Gasteiger partial charge in [0.15, 0.2) is 0 Å². The van der Waals surface area contributed by atoms with E-state index in [1.54, 1.807) is 0 Å². The summed E-state index contributed by atoms with van der Waals surface area (Å²) in [5.41, 5.74) is 6.35. The summed E-state index contributed by atoms with van der Waals surface area (Å²) in [6, 6.07) is 2.98. The fourth-order valence-corrected chi connectivity index (χ4v) is 2.57. The highest BCUT2D eigenvalue weighted by Crippen LogP contribution is 2.39. The van der Waals surface area contributed by atoms with Crippen LogP contribution in [-0.2, 0) is 0 Å². The zero-order valence-electron chi connectivity index (χ0n) is 10.7. The van der Waals surface area contributed by atoms with Gasteiger partial charge in [0, 0.05) is 11.6 Å². The summed E-state index contributed by atoms with van der Waals surface area (Å²) in [4.78, 5) is 0. The minimum atomic E-state index is -4.74. The van der Waals surface area contributed by atoms with Crippen molar-refractivity contribution in [3.05, 3.63) is 23.8 Å². The first-order valence-electron chi connectivity index (χ1n) is 6.21. The van der Waals surface area contributed by atoms with Crippen LogP contribution in [0.5, 0.6) is 11.5 Å². The van der Waals surface area contributed by atoms with Crippen molar-refractivity contribution in [1.82, 2.24) is 0 Å². The minimum Gasteiger partial charge on any atom is -0.508 e. The van der Waals surface area contributed by atoms with Crippen molar-refractivity contribution in [3.8, 4) is 11.5 Å². The maximum absolute atomic E-state index is 12.2. The van der Waals surface area contributed by atoms with Gasteiger partial charge in [-0.25, -0.2) is 0 Å². The van der Waals surface area contributed by atoms with Crippen LogP contribution in [0, 0.1) is 5.92 Å². The van der Waals surface area contributed by atoms with Gasteiger partial charge in [0.2, 0.25) is 0 Å². The molecule has 0 radical (unpaired) electrons. The Morgan fingerprint density at radius 3 is 2.40 bits per heavy atom. The number of phenolic OH excluding ortho intramolecular Hbond substituents is 1. The van der Waals surface area contributed by atoms with Gasteiger partial charge in [-0.3, -0.25) is 0 Å². The second-order valence-corrected chi connectivity index (χ2v) is 4.84. The molecule has 1 fully saturated rings. The first kappa shape index (κ1) is 16.9. The highest BCUT2D eigenvalue weighted by molar-refractivity contribution is 5.85. The van der Waals surface area contributed by atoms with Gasteiger partial charge in [0.1, 0.15) is 11.5 Å². The molecular formula is C13H17ClF3NO2. The van der Waals surface area contributed by atoms with E-state index in [0.29, 0.717) is 5.56 Å². The largest absolute Gasteiger partial charge is 0.573 e. The summed E-state index contributed by atoms with van der Waals surface area (Å²) in [5.74, 6) is -0.241. The zero-order valence-corrected chi connectivity index (χ0v) is 11.5. The third-order valence-corrected chi connectivity index (χ3v) is 3.50. The molecule has 2 rings (SSSR count). The van der Waals surface area contributed by atoms with Crippen LogP contribution in [0.1, 0.15) is 37.3 Å². The normalized spacial score (nSPS) is 17.6. The van der Waals surface area contributed by atoms with Crippen molar-refractivity contribution in [2.45, 2.75) is 38.1 Å². The summed E-state index contributed by atoms with van der Waals surface area (Å²) in [6.07, 6.45) is -0.739. The van der Waals surface area contributed by atoms with Crippen LogP contribution in [-0.4, -0.2) is 11.5 Å². The summed E-state index contributed by atoms with van der Waals surface area (Å²) < 4.78 is 40.3. The lowest BCUT2D eigenvalue weighted by atomic mass is 9.92. The maximum Gasteiger partial charge on any atom is 0.573 e. The molecule has 0 aliphatic heterocycles. The Bertz CT molecular complexity index is 448. The summed E-state index contributed by atoms with van der Waals surface area (Å²) >= 11 is 0. The number of nitrogens with two attached hydrogens (primary N) is 1. The predicted molar refractivity (Wildman–Crippen MR) is 70.9 cm³/mol. The van der Waals surface area contributed by atoms with Gasteiger partial charge < -0.3 is 15.6 Å². The fraction of sp³-hybridized carbons (Fsp3) is 0.538. The first-order valence-corrected chi connectivity index (χ1v) is 6.21. The molecule has 0 amide bonds. The average Bonchev–Trinajstić information content (AvgIpc) is 2.82.